The van der Waals surface area contributed by atoms with E-state index < -0.39 is 10.0 Å². The molecule has 3 aromatic heterocycles. The van der Waals surface area contributed by atoms with E-state index >= 15 is 0 Å². The van der Waals surface area contributed by atoms with Crippen LogP contribution in [0.3, 0.4) is 0 Å². The summed E-state index contributed by atoms with van der Waals surface area (Å²) in [6, 6.07) is 6.75. The molecule has 0 bridgehead atoms. The number of hydrogen-bond donors (Lipinski definition) is 3. The lowest BCUT2D eigenvalue weighted by Crippen LogP contribution is -2.36. The maximum atomic E-state index is 12.6. The van der Waals surface area contributed by atoms with Crippen LogP contribution in [0.25, 0.3) is 32.0 Å². The fourth-order valence-electron chi connectivity index (χ4n) is 3.99. The van der Waals surface area contributed by atoms with Crippen LogP contribution in [0.4, 0.5) is 11.8 Å². The number of nitrogens with one attached hydrogen (secondary N) is 1. The Morgan fingerprint density at radius 1 is 1.17 bits per heavy atom. The van der Waals surface area contributed by atoms with Gasteiger partial charge in [-0.3, -0.25) is 0 Å². The quantitative estimate of drug-likeness (QED) is 0.324. The van der Waals surface area contributed by atoms with E-state index in [1.807, 2.05) is 13.0 Å². The fourth-order valence-corrected chi connectivity index (χ4v) is 6.31. The van der Waals surface area contributed by atoms with Gasteiger partial charge in [0.1, 0.15) is 0 Å². The highest BCUT2D eigenvalue weighted by atomic mass is 32.2. The zero-order valence-corrected chi connectivity index (χ0v) is 21.1. The van der Waals surface area contributed by atoms with Gasteiger partial charge in [-0.2, -0.15) is 0 Å². The highest BCUT2D eigenvalue weighted by Gasteiger charge is 2.24. The molecule has 11 nitrogen and oxygen atoms in total. The standard InChI is InChI=1S/C23H25N7O4S2/c1-14-18-20(35-19(14)15-3-2-4-17(11-15)36(32,33)27-5-8-31)22(30-6-9-34-10-7-30)29-21(28-18)16-12-25-23(24)26-13-16/h2-4,11-13,27,31H,5-10H2,1H3,(H2,24,25,26). The van der Waals surface area contributed by atoms with Gasteiger partial charge in [0.25, 0.3) is 0 Å². The number of benzene rings is 1. The molecule has 0 aliphatic carbocycles. The first kappa shape index (κ1) is 24.5. The summed E-state index contributed by atoms with van der Waals surface area (Å²) in [6.07, 6.45) is 3.20. The van der Waals surface area contributed by atoms with Crippen LogP contribution in [0, 0.1) is 6.92 Å². The lowest BCUT2D eigenvalue weighted by atomic mass is 10.1. The van der Waals surface area contributed by atoms with Crippen molar-refractivity contribution in [3.8, 4) is 21.8 Å². The molecule has 5 rings (SSSR count). The predicted molar refractivity (Wildman–Crippen MR) is 138 cm³/mol. The Balaban J connectivity index is 1.66. The van der Waals surface area contributed by atoms with E-state index in [-0.39, 0.29) is 24.0 Å². The van der Waals surface area contributed by atoms with Crippen molar-refractivity contribution in [3.63, 3.8) is 0 Å². The number of nitrogen functional groups attached to an aromatic ring is 1. The van der Waals surface area contributed by atoms with Crippen molar-refractivity contribution in [1.29, 1.82) is 0 Å². The monoisotopic (exact) mass is 527 g/mol. The molecule has 188 valence electrons. The fraction of sp³-hybridized carbons (Fsp3) is 0.304. The van der Waals surface area contributed by atoms with Crippen LogP contribution in [0.5, 0.6) is 0 Å². The van der Waals surface area contributed by atoms with Gasteiger partial charge in [-0.25, -0.2) is 33.1 Å². The van der Waals surface area contributed by atoms with E-state index in [1.54, 1.807) is 24.5 Å². The summed E-state index contributed by atoms with van der Waals surface area (Å²) < 4.78 is 34.1. The van der Waals surface area contributed by atoms with E-state index in [1.165, 1.54) is 17.4 Å². The van der Waals surface area contributed by atoms with Crippen molar-refractivity contribution in [1.82, 2.24) is 24.7 Å². The Morgan fingerprint density at radius 2 is 1.92 bits per heavy atom. The Bertz CT molecular complexity index is 1500. The molecule has 4 aromatic rings. The third kappa shape index (κ3) is 4.75. The number of anilines is 2. The molecular weight excluding hydrogens is 502 g/mol. The molecule has 1 saturated heterocycles. The summed E-state index contributed by atoms with van der Waals surface area (Å²) in [5, 5.41) is 9.01. The number of nitrogens with zero attached hydrogens (tertiary/aromatic N) is 5. The van der Waals surface area contributed by atoms with Gasteiger partial charge in [0, 0.05) is 36.9 Å². The highest BCUT2D eigenvalue weighted by molar-refractivity contribution is 7.89. The first-order chi connectivity index (χ1) is 17.4. The lowest BCUT2D eigenvalue weighted by Gasteiger charge is -2.28. The first-order valence-corrected chi connectivity index (χ1v) is 13.6. The summed E-state index contributed by atoms with van der Waals surface area (Å²) in [5.41, 5.74) is 8.77. The zero-order valence-electron chi connectivity index (χ0n) is 19.5. The highest BCUT2D eigenvalue weighted by Crippen LogP contribution is 2.42. The topological polar surface area (TPSA) is 156 Å². The summed E-state index contributed by atoms with van der Waals surface area (Å²) in [7, 11) is -3.75. The second-order valence-corrected chi connectivity index (χ2v) is 11.0. The number of rotatable bonds is 7. The minimum atomic E-state index is -3.75. The summed E-state index contributed by atoms with van der Waals surface area (Å²) in [6.45, 7) is 4.23. The normalized spacial score (nSPS) is 14.4. The maximum absolute atomic E-state index is 12.6. The van der Waals surface area contributed by atoms with E-state index in [0.717, 1.165) is 32.0 Å². The average Bonchev–Trinajstić information content (AvgIpc) is 3.24. The Kier molecular flexibility index (Phi) is 6.81. The molecule has 1 aromatic carbocycles. The molecular formula is C23H25N7O4S2. The van der Waals surface area contributed by atoms with Crippen LogP contribution in [0.1, 0.15) is 5.56 Å². The molecule has 4 N–H and O–H groups in total. The molecule has 0 atom stereocenters. The smallest absolute Gasteiger partial charge is 0.240 e. The molecule has 36 heavy (non-hydrogen) atoms. The van der Waals surface area contributed by atoms with Gasteiger partial charge in [0.2, 0.25) is 16.0 Å². The van der Waals surface area contributed by atoms with Crippen molar-refractivity contribution < 1.29 is 18.3 Å². The lowest BCUT2D eigenvalue weighted by molar-refractivity contribution is 0.122. The molecule has 4 heterocycles. The number of aliphatic hydroxyl groups excluding tert-OH is 1. The number of thiophene rings is 1. The summed E-state index contributed by atoms with van der Waals surface area (Å²) in [4.78, 5) is 21.1. The van der Waals surface area contributed by atoms with Crippen LogP contribution in [0.2, 0.25) is 0 Å². The molecule has 1 fully saturated rings. The average molecular weight is 528 g/mol. The Labute approximate surface area is 212 Å². The predicted octanol–water partition coefficient (Wildman–Crippen LogP) is 1.81. The zero-order chi connectivity index (χ0) is 25.3. The number of sulfonamides is 1. The van der Waals surface area contributed by atoms with Gasteiger partial charge in [0.05, 0.1) is 40.5 Å². The summed E-state index contributed by atoms with van der Waals surface area (Å²) in [5.74, 6) is 1.45. The van der Waals surface area contributed by atoms with Gasteiger partial charge >= 0.3 is 0 Å². The summed E-state index contributed by atoms with van der Waals surface area (Å²) >= 11 is 1.53. The number of aromatic nitrogens is 4. The van der Waals surface area contributed by atoms with Crippen molar-refractivity contribution in [2.75, 3.05) is 50.1 Å². The number of ether oxygens (including phenoxy) is 1. The van der Waals surface area contributed by atoms with Crippen molar-refractivity contribution in [2.24, 2.45) is 0 Å². The SMILES string of the molecule is Cc1c(-c2cccc(S(=O)(=O)NCCO)c2)sc2c(N3CCOCC3)nc(-c3cnc(N)nc3)nc12. The molecule has 0 unspecified atom stereocenters. The van der Waals surface area contributed by atoms with E-state index in [4.69, 9.17) is 25.5 Å². The van der Waals surface area contributed by atoms with Crippen molar-refractivity contribution in [3.05, 3.63) is 42.2 Å². The van der Waals surface area contributed by atoms with Gasteiger partial charge in [-0.05, 0) is 30.2 Å². The molecule has 1 aliphatic rings. The van der Waals surface area contributed by atoms with Crippen molar-refractivity contribution >= 4 is 43.3 Å². The number of aliphatic hydroxyl groups is 1. The molecule has 1 aliphatic heterocycles. The van der Waals surface area contributed by atoms with E-state index in [9.17, 15) is 8.42 Å². The van der Waals surface area contributed by atoms with Crippen LogP contribution >= 0.6 is 11.3 Å². The maximum Gasteiger partial charge on any atom is 0.240 e. The van der Waals surface area contributed by atoms with Gasteiger partial charge in [-0.15, -0.1) is 11.3 Å². The molecule has 13 heteroatoms. The number of aryl methyl sites for hydroxylation is 1. The van der Waals surface area contributed by atoms with Crippen LogP contribution in [-0.4, -0.2) is 72.9 Å². The number of fused-ring (bicyclic) bond motifs is 1. The molecule has 0 amide bonds. The van der Waals surface area contributed by atoms with E-state index in [0.29, 0.717) is 37.7 Å². The van der Waals surface area contributed by atoms with Gasteiger partial charge in [0.15, 0.2) is 11.6 Å². The molecule has 0 spiro atoms. The van der Waals surface area contributed by atoms with Gasteiger partial charge < -0.3 is 20.5 Å². The third-order valence-electron chi connectivity index (χ3n) is 5.80. The van der Waals surface area contributed by atoms with Crippen molar-refractivity contribution in [2.45, 2.75) is 11.8 Å². The number of morpholine rings is 1. The van der Waals surface area contributed by atoms with Crippen LogP contribution in [0.15, 0.2) is 41.6 Å². The second-order valence-electron chi connectivity index (χ2n) is 8.18. The number of hydrogen-bond acceptors (Lipinski definition) is 11. The molecule has 0 radical (unpaired) electrons. The van der Waals surface area contributed by atoms with Gasteiger partial charge in [-0.1, -0.05) is 12.1 Å². The number of nitrogens with two attached hydrogens (primary N) is 1. The molecule has 0 saturated carbocycles. The second kappa shape index (κ2) is 10.0. The minimum Gasteiger partial charge on any atom is -0.395 e. The van der Waals surface area contributed by atoms with Crippen LogP contribution < -0.4 is 15.4 Å². The third-order valence-corrected chi connectivity index (χ3v) is 8.58. The first-order valence-electron chi connectivity index (χ1n) is 11.3. The van der Waals surface area contributed by atoms with E-state index in [2.05, 4.69) is 19.6 Å². The van der Waals surface area contributed by atoms with Crippen LogP contribution in [-0.2, 0) is 14.8 Å². The Morgan fingerprint density at radius 3 is 2.64 bits per heavy atom. The minimum absolute atomic E-state index is 0.0510. The largest absolute Gasteiger partial charge is 0.395 e. The Hall–Kier alpha value is -3.23.